The topological polar surface area (TPSA) is 15.3 Å². The minimum Gasteiger partial charge on any atom is -0.312 e. The Kier molecular flexibility index (Phi) is 5.50. The van der Waals surface area contributed by atoms with Crippen LogP contribution in [-0.4, -0.2) is 36.6 Å². The third kappa shape index (κ3) is 4.26. The Morgan fingerprint density at radius 3 is 2.69 bits per heavy atom. The van der Waals surface area contributed by atoms with Crippen LogP contribution in [0.1, 0.15) is 41.0 Å². The van der Waals surface area contributed by atoms with Gasteiger partial charge in [-0.05, 0) is 39.7 Å². The van der Waals surface area contributed by atoms with Gasteiger partial charge in [-0.1, -0.05) is 25.5 Å². The van der Waals surface area contributed by atoms with Crippen LogP contribution >= 0.6 is 0 Å². The van der Waals surface area contributed by atoms with E-state index >= 15 is 0 Å². The standard InChI is InChI=1S/C14H28N2/c1-11(2)7-9-16-10-14(12(3)4)15-8-6-13(16)5/h7,12-15H,6,8-10H2,1-5H3. The lowest BCUT2D eigenvalue weighted by Crippen LogP contribution is -2.43. The summed E-state index contributed by atoms with van der Waals surface area (Å²) in [7, 11) is 0. The minimum absolute atomic E-state index is 0.649. The zero-order chi connectivity index (χ0) is 12.1. The predicted molar refractivity (Wildman–Crippen MR) is 71.7 cm³/mol. The van der Waals surface area contributed by atoms with Gasteiger partial charge in [-0.15, -0.1) is 0 Å². The molecule has 0 radical (unpaired) electrons. The SMILES string of the molecule is CC(C)=CCN1CC(C(C)C)NCCC1C. The van der Waals surface area contributed by atoms with Gasteiger partial charge in [0.1, 0.15) is 0 Å². The highest BCUT2D eigenvalue weighted by atomic mass is 15.2. The fourth-order valence-corrected chi connectivity index (χ4v) is 2.16. The third-order valence-corrected chi connectivity index (χ3v) is 3.56. The molecule has 0 amide bonds. The number of rotatable bonds is 3. The second-order valence-corrected chi connectivity index (χ2v) is 5.68. The summed E-state index contributed by atoms with van der Waals surface area (Å²) in [5.41, 5.74) is 1.42. The van der Waals surface area contributed by atoms with Crippen LogP contribution in [-0.2, 0) is 0 Å². The van der Waals surface area contributed by atoms with Crippen molar-refractivity contribution in [2.75, 3.05) is 19.6 Å². The molecule has 0 aromatic heterocycles. The molecule has 1 aliphatic heterocycles. The molecule has 0 saturated carbocycles. The average molecular weight is 224 g/mol. The molecule has 2 heteroatoms. The molecule has 0 aromatic rings. The van der Waals surface area contributed by atoms with Crippen molar-refractivity contribution in [3.8, 4) is 0 Å². The summed E-state index contributed by atoms with van der Waals surface area (Å²) < 4.78 is 0. The molecular weight excluding hydrogens is 196 g/mol. The summed E-state index contributed by atoms with van der Waals surface area (Å²) in [5.74, 6) is 0.722. The van der Waals surface area contributed by atoms with E-state index in [4.69, 9.17) is 0 Å². The van der Waals surface area contributed by atoms with Gasteiger partial charge in [-0.25, -0.2) is 0 Å². The molecule has 0 aromatic carbocycles. The molecule has 0 bridgehead atoms. The summed E-state index contributed by atoms with van der Waals surface area (Å²) in [6, 6.07) is 1.35. The predicted octanol–water partition coefficient (Wildman–Crippen LogP) is 2.66. The molecular formula is C14H28N2. The van der Waals surface area contributed by atoms with Crippen molar-refractivity contribution in [3.05, 3.63) is 11.6 Å². The van der Waals surface area contributed by atoms with Crippen LogP contribution in [0.15, 0.2) is 11.6 Å². The van der Waals surface area contributed by atoms with Crippen LogP contribution < -0.4 is 5.32 Å². The third-order valence-electron chi connectivity index (χ3n) is 3.56. The summed E-state index contributed by atoms with van der Waals surface area (Å²) in [5, 5.41) is 3.67. The van der Waals surface area contributed by atoms with Crippen molar-refractivity contribution < 1.29 is 0 Å². The highest BCUT2D eigenvalue weighted by Gasteiger charge is 2.23. The van der Waals surface area contributed by atoms with Crippen molar-refractivity contribution in [2.45, 2.75) is 53.1 Å². The highest BCUT2D eigenvalue weighted by molar-refractivity contribution is 4.96. The van der Waals surface area contributed by atoms with E-state index in [2.05, 4.69) is 50.9 Å². The quantitative estimate of drug-likeness (QED) is 0.741. The molecule has 1 fully saturated rings. The van der Waals surface area contributed by atoms with Gasteiger partial charge in [-0.3, -0.25) is 4.90 Å². The summed E-state index contributed by atoms with van der Waals surface area (Å²) in [6.07, 6.45) is 3.61. The fraction of sp³-hybridized carbons (Fsp3) is 0.857. The van der Waals surface area contributed by atoms with Gasteiger partial charge in [0, 0.05) is 25.2 Å². The Morgan fingerprint density at radius 2 is 2.12 bits per heavy atom. The Bertz CT molecular complexity index is 229. The van der Waals surface area contributed by atoms with E-state index < -0.39 is 0 Å². The van der Waals surface area contributed by atoms with E-state index in [0.717, 1.165) is 19.0 Å². The summed E-state index contributed by atoms with van der Waals surface area (Å²) in [4.78, 5) is 2.61. The first-order valence-electron chi connectivity index (χ1n) is 6.61. The van der Waals surface area contributed by atoms with E-state index in [-0.39, 0.29) is 0 Å². The Hall–Kier alpha value is -0.340. The first kappa shape index (κ1) is 13.7. The maximum atomic E-state index is 3.67. The second kappa shape index (κ2) is 6.41. The smallest absolute Gasteiger partial charge is 0.0218 e. The highest BCUT2D eigenvalue weighted by Crippen LogP contribution is 2.13. The molecule has 0 aliphatic carbocycles. The molecule has 1 heterocycles. The van der Waals surface area contributed by atoms with Gasteiger partial charge in [0.2, 0.25) is 0 Å². The van der Waals surface area contributed by atoms with Gasteiger partial charge in [0.05, 0.1) is 0 Å². The first-order valence-corrected chi connectivity index (χ1v) is 6.61. The molecule has 1 rings (SSSR count). The van der Waals surface area contributed by atoms with Gasteiger partial charge >= 0.3 is 0 Å². The number of allylic oxidation sites excluding steroid dienone is 1. The van der Waals surface area contributed by atoms with Crippen molar-refractivity contribution in [2.24, 2.45) is 5.92 Å². The minimum atomic E-state index is 0.649. The molecule has 1 N–H and O–H groups in total. The van der Waals surface area contributed by atoms with Crippen molar-refractivity contribution in [1.82, 2.24) is 10.2 Å². The van der Waals surface area contributed by atoms with Crippen molar-refractivity contribution in [3.63, 3.8) is 0 Å². The first-order chi connectivity index (χ1) is 7.50. The second-order valence-electron chi connectivity index (χ2n) is 5.68. The maximum Gasteiger partial charge on any atom is 0.0218 e. The van der Waals surface area contributed by atoms with Gasteiger partial charge in [0.25, 0.3) is 0 Å². The summed E-state index contributed by atoms with van der Waals surface area (Å²) in [6.45, 7) is 14.8. The lowest BCUT2D eigenvalue weighted by atomic mass is 10.0. The van der Waals surface area contributed by atoms with E-state index in [1.807, 2.05) is 0 Å². The van der Waals surface area contributed by atoms with Crippen LogP contribution in [0.3, 0.4) is 0 Å². The summed E-state index contributed by atoms with van der Waals surface area (Å²) >= 11 is 0. The molecule has 0 spiro atoms. The van der Waals surface area contributed by atoms with Gasteiger partial charge in [0.15, 0.2) is 0 Å². The lowest BCUT2D eigenvalue weighted by molar-refractivity contribution is 0.212. The molecule has 1 saturated heterocycles. The number of hydrogen-bond donors (Lipinski definition) is 1. The molecule has 94 valence electrons. The van der Waals surface area contributed by atoms with E-state index in [0.29, 0.717) is 12.1 Å². The van der Waals surface area contributed by atoms with E-state index in [9.17, 15) is 0 Å². The Balaban J connectivity index is 2.59. The zero-order valence-electron chi connectivity index (χ0n) is 11.6. The molecule has 2 unspecified atom stereocenters. The Morgan fingerprint density at radius 1 is 1.44 bits per heavy atom. The zero-order valence-corrected chi connectivity index (χ0v) is 11.6. The van der Waals surface area contributed by atoms with Crippen LogP contribution in [0.5, 0.6) is 0 Å². The van der Waals surface area contributed by atoms with Crippen LogP contribution in [0, 0.1) is 5.92 Å². The number of nitrogens with one attached hydrogen (secondary N) is 1. The van der Waals surface area contributed by atoms with Gasteiger partial charge in [-0.2, -0.15) is 0 Å². The maximum absolute atomic E-state index is 3.67. The van der Waals surface area contributed by atoms with Crippen LogP contribution in [0.4, 0.5) is 0 Å². The van der Waals surface area contributed by atoms with Crippen LogP contribution in [0.2, 0.25) is 0 Å². The Labute approximate surface area is 101 Å². The van der Waals surface area contributed by atoms with Crippen LogP contribution in [0.25, 0.3) is 0 Å². The average Bonchev–Trinajstić information content (AvgIpc) is 2.37. The molecule has 1 aliphatic rings. The normalized spacial score (nSPS) is 27.9. The molecule has 16 heavy (non-hydrogen) atoms. The largest absolute Gasteiger partial charge is 0.312 e. The molecule has 2 atom stereocenters. The van der Waals surface area contributed by atoms with E-state index in [1.54, 1.807) is 0 Å². The fourth-order valence-electron chi connectivity index (χ4n) is 2.16. The monoisotopic (exact) mass is 224 g/mol. The van der Waals surface area contributed by atoms with Crippen molar-refractivity contribution in [1.29, 1.82) is 0 Å². The lowest BCUT2D eigenvalue weighted by Gasteiger charge is -2.29. The number of hydrogen-bond acceptors (Lipinski definition) is 2. The van der Waals surface area contributed by atoms with Crippen molar-refractivity contribution >= 4 is 0 Å². The van der Waals surface area contributed by atoms with E-state index in [1.165, 1.54) is 18.5 Å². The molecule has 2 nitrogen and oxygen atoms in total. The van der Waals surface area contributed by atoms with Gasteiger partial charge < -0.3 is 5.32 Å². The number of nitrogens with zero attached hydrogens (tertiary/aromatic N) is 1.